The molecule has 2 heterocycles. The summed E-state index contributed by atoms with van der Waals surface area (Å²) in [5.74, 6) is 0. The van der Waals surface area contributed by atoms with Gasteiger partial charge in [0.2, 0.25) is 0 Å². The second kappa shape index (κ2) is 5.23. The zero-order chi connectivity index (χ0) is 11.4. The summed E-state index contributed by atoms with van der Waals surface area (Å²) in [6.45, 7) is 3.11. The van der Waals surface area contributed by atoms with Gasteiger partial charge in [0.15, 0.2) is 0 Å². The number of nitrogens with two attached hydrogens (primary N) is 1. The van der Waals surface area contributed by atoms with Crippen LogP contribution in [0.3, 0.4) is 0 Å². The van der Waals surface area contributed by atoms with E-state index in [1.807, 2.05) is 5.51 Å². The quantitative estimate of drug-likeness (QED) is 0.857. The third-order valence-corrected chi connectivity index (χ3v) is 4.01. The predicted octanol–water partition coefficient (Wildman–Crippen LogP) is 1.08. The Morgan fingerprint density at radius 1 is 1.69 bits per heavy atom. The van der Waals surface area contributed by atoms with Gasteiger partial charge in [-0.05, 0) is 19.9 Å². The molecule has 2 N–H and O–H groups in total. The first-order valence-electron chi connectivity index (χ1n) is 5.63. The summed E-state index contributed by atoms with van der Waals surface area (Å²) in [4.78, 5) is 6.60. The fourth-order valence-electron chi connectivity index (χ4n) is 2.18. The Morgan fingerprint density at radius 3 is 3.12 bits per heavy atom. The van der Waals surface area contributed by atoms with E-state index >= 15 is 0 Å². The fraction of sp³-hybridized carbons (Fsp3) is 0.727. The molecule has 0 amide bonds. The third-order valence-electron chi connectivity index (χ3n) is 3.37. The summed E-state index contributed by atoms with van der Waals surface area (Å²) in [6.07, 6.45) is 2.21. The summed E-state index contributed by atoms with van der Waals surface area (Å²) in [5.41, 5.74) is 8.92. The van der Waals surface area contributed by atoms with Gasteiger partial charge >= 0.3 is 0 Å². The van der Waals surface area contributed by atoms with Crippen LogP contribution in [0.5, 0.6) is 0 Å². The Bertz CT molecular complexity index is 309. The Kier molecular flexibility index (Phi) is 3.91. The lowest BCUT2D eigenvalue weighted by atomic mass is 9.90. The average Bonchev–Trinajstić information content (AvgIpc) is 2.82. The average molecular weight is 241 g/mol. The molecule has 0 saturated carbocycles. The topological polar surface area (TPSA) is 51.4 Å². The van der Waals surface area contributed by atoms with Gasteiger partial charge in [0.1, 0.15) is 0 Å². The van der Waals surface area contributed by atoms with Crippen molar-refractivity contribution in [1.82, 2.24) is 9.88 Å². The van der Waals surface area contributed by atoms with Crippen LogP contribution in [0.2, 0.25) is 0 Å². The van der Waals surface area contributed by atoms with Crippen molar-refractivity contribution < 1.29 is 4.74 Å². The van der Waals surface area contributed by atoms with Gasteiger partial charge in [-0.15, -0.1) is 11.3 Å². The van der Waals surface area contributed by atoms with E-state index in [4.69, 9.17) is 10.5 Å². The number of aromatic nitrogens is 1. The lowest BCUT2D eigenvalue weighted by Crippen LogP contribution is -2.56. The highest BCUT2D eigenvalue weighted by Crippen LogP contribution is 2.25. The Labute approximate surface area is 100 Å². The van der Waals surface area contributed by atoms with Crippen LogP contribution in [0, 0.1) is 0 Å². The van der Waals surface area contributed by atoms with E-state index in [2.05, 4.69) is 22.3 Å². The summed E-state index contributed by atoms with van der Waals surface area (Å²) >= 11 is 1.63. The number of rotatable bonds is 4. The highest BCUT2D eigenvalue weighted by Gasteiger charge is 2.35. The van der Waals surface area contributed by atoms with Gasteiger partial charge in [-0.3, -0.25) is 4.90 Å². The minimum absolute atomic E-state index is 0.00185. The van der Waals surface area contributed by atoms with Crippen LogP contribution in [0.1, 0.15) is 18.5 Å². The van der Waals surface area contributed by atoms with Gasteiger partial charge in [0.25, 0.3) is 0 Å². The van der Waals surface area contributed by atoms with Crippen molar-refractivity contribution in [2.45, 2.75) is 24.9 Å². The highest BCUT2D eigenvalue weighted by atomic mass is 32.1. The molecule has 0 bridgehead atoms. The Morgan fingerprint density at radius 2 is 2.56 bits per heavy atom. The van der Waals surface area contributed by atoms with Crippen molar-refractivity contribution in [2.24, 2.45) is 5.73 Å². The molecule has 4 nitrogen and oxygen atoms in total. The first-order chi connectivity index (χ1) is 7.77. The molecule has 1 aliphatic heterocycles. The molecule has 1 fully saturated rings. The fourth-order valence-corrected chi connectivity index (χ4v) is 2.73. The summed E-state index contributed by atoms with van der Waals surface area (Å²) in [7, 11) is 2.11. The van der Waals surface area contributed by atoms with Gasteiger partial charge in [0.05, 0.1) is 23.4 Å². The van der Waals surface area contributed by atoms with Gasteiger partial charge in [-0.2, -0.15) is 0 Å². The smallest absolute Gasteiger partial charge is 0.0795 e. The molecule has 2 rings (SSSR count). The largest absolute Gasteiger partial charge is 0.379 e. The minimum atomic E-state index is 0.00185. The maximum atomic E-state index is 5.93. The monoisotopic (exact) mass is 241 g/mol. The molecule has 1 unspecified atom stereocenters. The van der Waals surface area contributed by atoms with Crippen molar-refractivity contribution in [2.75, 3.05) is 26.8 Å². The van der Waals surface area contributed by atoms with Crippen LogP contribution in [0.25, 0.3) is 0 Å². The molecule has 1 aromatic heterocycles. The first-order valence-corrected chi connectivity index (χ1v) is 6.57. The number of nitrogens with zero attached hydrogens (tertiary/aromatic N) is 2. The number of hydrogen-bond acceptors (Lipinski definition) is 5. The highest BCUT2D eigenvalue weighted by molar-refractivity contribution is 7.07. The van der Waals surface area contributed by atoms with Gasteiger partial charge in [0, 0.05) is 25.1 Å². The molecule has 0 aliphatic carbocycles. The Balaban J connectivity index is 2.02. The van der Waals surface area contributed by atoms with E-state index in [-0.39, 0.29) is 5.54 Å². The lowest BCUT2D eigenvalue weighted by Gasteiger charge is -2.43. The number of hydrogen-bond donors (Lipinski definition) is 1. The van der Waals surface area contributed by atoms with Crippen molar-refractivity contribution in [3.63, 3.8) is 0 Å². The molecule has 90 valence electrons. The van der Waals surface area contributed by atoms with E-state index in [9.17, 15) is 0 Å². The number of thiazole rings is 1. The van der Waals surface area contributed by atoms with Crippen LogP contribution in [0.4, 0.5) is 0 Å². The predicted molar refractivity (Wildman–Crippen MR) is 65.4 cm³/mol. The van der Waals surface area contributed by atoms with Crippen LogP contribution >= 0.6 is 11.3 Å². The summed E-state index contributed by atoms with van der Waals surface area (Å²) < 4.78 is 5.58. The van der Waals surface area contributed by atoms with Crippen LogP contribution in [-0.4, -0.2) is 42.2 Å². The van der Waals surface area contributed by atoms with Crippen LogP contribution in [0.15, 0.2) is 10.9 Å². The van der Waals surface area contributed by atoms with Gasteiger partial charge in [-0.25, -0.2) is 4.98 Å². The molecular formula is C11H19N3OS. The summed E-state index contributed by atoms with van der Waals surface area (Å²) in [6, 6.07) is 0. The van der Waals surface area contributed by atoms with Gasteiger partial charge in [-0.1, -0.05) is 0 Å². The number of likely N-dealkylation sites (N-methyl/N-ethyl adjacent to an activating group) is 1. The van der Waals surface area contributed by atoms with Crippen molar-refractivity contribution >= 4 is 11.3 Å². The lowest BCUT2D eigenvalue weighted by molar-refractivity contribution is -0.0378. The molecule has 0 aromatic carbocycles. The molecular weight excluding hydrogens is 222 g/mol. The molecule has 1 aliphatic rings. The van der Waals surface area contributed by atoms with Crippen molar-refractivity contribution in [3.8, 4) is 0 Å². The van der Waals surface area contributed by atoms with E-state index in [0.29, 0.717) is 6.54 Å². The molecule has 16 heavy (non-hydrogen) atoms. The summed E-state index contributed by atoms with van der Waals surface area (Å²) in [5, 5.41) is 2.09. The molecule has 1 aromatic rings. The van der Waals surface area contributed by atoms with E-state index in [0.717, 1.165) is 38.3 Å². The van der Waals surface area contributed by atoms with Crippen molar-refractivity contribution in [1.29, 1.82) is 0 Å². The third kappa shape index (κ3) is 2.43. The first kappa shape index (κ1) is 12.0. The van der Waals surface area contributed by atoms with E-state index in [1.165, 1.54) is 0 Å². The molecule has 5 heteroatoms. The molecule has 1 saturated heterocycles. The van der Waals surface area contributed by atoms with Crippen molar-refractivity contribution in [3.05, 3.63) is 16.6 Å². The van der Waals surface area contributed by atoms with Crippen LogP contribution < -0.4 is 5.73 Å². The van der Waals surface area contributed by atoms with E-state index in [1.54, 1.807) is 11.3 Å². The van der Waals surface area contributed by atoms with E-state index < -0.39 is 0 Å². The molecule has 0 radical (unpaired) electrons. The molecule has 0 spiro atoms. The molecule has 1 atom stereocenters. The zero-order valence-corrected chi connectivity index (χ0v) is 10.5. The normalized spacial score (nSPS) is 26.2. The second-order valence-corrected chi connectivity index (χ2v) is 5.14. The maximum Gasteiger partial charge on any atom is 0.0795 e. The maximum absolute atomic E-state index is 5.93. The second-order valence-electron chi connectivity index (χ2n) is 4.42. The number of ether oxygens (including phenoxy) is 1. The SMILES string of the molecule is CN(Cc1cscn1)C1(CN)CCCOC1. The zero-order valence-electron chi connectivity index (χ0n) is 9.69. The minimum Gasteiger partial charge on any atom is -0.379 e. The van der Waals surface area contributed by atoms with Crippen LogP contribution in [-0.2, 0) is 11.3 Å². The standard InChI is InChI=1S/C11H19N3OS/c1-14(5-10-6-16-9-13-10)11(7-12)3-2-4-15-8-11/h6,9H,2-5,7-8,12H2,1H3. The van der Waals surface area contributed by atoms with Gasteiger partial charge < -0.3 is 10.5 Å². The Hall–Kier alpha value is -0.490.